The van der Waals surface area contributed by atoms with Crippen LogP contribution in [0, 0.1) is 10.1 Å². The number of benzene rings is 2. The van der Waals surface area contributed by atoms with Crippen molar-refractivity contribution in [1.82, 2.24) is 5.43 Å². The van der Waals surface area contributed by atoms with E-state index in [9.17, 15) is 33.2 Å². The van der Waals surface area contributed by atoms with Gasteiger partial charge in [0.1, 0.15) is 5.75 Å². The third-order valence-electron chi connectivity index (χ3n) is 4.50. The minimum Gasteiger partial charge on any atom is -0.507 e. The van der Waals surface area contributed by atoms with Gasteiger partial charge in [0, 0.05) is 42.0 Å². The molecule has 2 N–H and O–H groups in total. The average molecular weight is 438 g/mol. The molecule has 2 aromatic carbocycles. The summed E-state index contributed by atoms with van der Waals surface area (Å²) in [4.78, 5) is 24.2. The second kappa shape index (κ2) is 9.92. The Balaban J connectivity index is 2.08. The summed E-state index contributed by atoms with van der Waals surface area (Å²) >= 11 is 0. The molecule has 2 aromatic rings. The molecule has 0 fully saturated rings. The third kappa shape index (κ3) is 6.17. The molecule has 1 amide bonds. The summed E-state index contributed by atoms with van der Waals surface area (Å²) in [5, 5.41) is 24.9. The van der Waals surface area contributed by atoms with E-state index in [2.05, 4.69) is 10.5 Å². The molecular weight excluding hydrogens is 417 g/mol. The number of carbonyl (C=O) groups is 1. The van der Waals surface area contributed by atoms with Crippen molar-refractivity contribution < 1.29 is 28.0 Å². The van der Waals surface area contributed by atoms with Crippen LogP contribution in [0.2, 0.25) is 0 Å². The fourth-order valence-electron chi connectivity index (χ4n) is 2.87. The third-order valence-corrected chi connectivity index (χ3v) is 4.50. The Labute approximate surface area is 176 Å². The SMILES string of the molecule is CCN(CC)c1ccc(/C=N\NC(=O)Cc2ccc(C(F)(F)F)cc2[N+](=O)[O-])c(O)c1. The van der Waals surface area contributed by atoms with Crippen LogP contribution in [0.4, 0.5) is 24.5 Å². The zero-order chi connectivity index (χ0) is 23.2. The van der Waals surface area contributed by atoms with Crippen LogP contribution >= 0.6 is 0 Å². The summed E-state index contributed by atoms with van der Waals surface area (Å²) in [7, 11) is 0. The number of rotatable bonds is 8. The van der Waals surface area contributed by atoms with Crippen molar-refractivity contribution in [3.8, 4) is 5.75 Å². The number of amides is 1. The molecule has 31 heavy (non-hydrogen) atoms. The molecule has 0 aliphatic carbocycles. The number of phenolic OH excluding ortho intramolecular Hbond substituents is 1. The molecule has 0 saturated heterocycles. The molecular formula is C20H21F3N4O4. The number of nitro benzene ring substituents is 1. The maximum atomic E-state index is 12.8. The Morgan fingerprint density at radius 2 is 1.90 bits per heavy atom. The lowest BCUT2D eigenvalue weighted by Crippen LogP contribution is -2.21. The second-order valence-electron chi connectivity index (χ2n) is 6.48. The molecule has 166 valence electrons. The average Bonchev–Trinajstić information content (AvgIpc) is 2.69. The lowest BCUT2D eigenvalue weighted by Gasteiger charge is -2.21. The van der Waals surface area contributed by atoms with Crippen molar-refractivity contribution in [3.05, 3.63) is 63.2 Å². The van der Waals surface area contributed by atoms with Crippen LogP contribution < -0.4 is 10.3 Å². The molecule has 0 spiro atoms. The maximum Gasteiger partial charge on any atom is 0.416 e. The largest absolute Gasteiger partial charge is 0.507 e. The number of aromatic hydroxyl groups is 1. The number of hydrogen-bond acceptors (Lipinski definition) is 6. The fraction of sp³-hybridized carbons (Fsp3) is 0.300. The van der Waals surface area contributed by atoms with Gasteiger partial charge >= 0.3 is 6.18 Å². The minimum absolute atomic E-state index is 0.0548. The number of hydrogen-bond donors (Lipinski definition) is 2. The van der Waals surface area contributed by atoms with E-state index in [0.29, 0.717) is 17.7 Å². The highest BCUT2D eigenvalue weighted by Gasteiger charge is 2.33. The summed E-state index contributed by atoms with van der Waals surface area (Å²) < 4.78 is 38.3. The molecule has 0 unspecified atom stereocenters. The Bertz CT molecular complexity index is 989. The number of hydrazone groups is 1. The second-order valence-corrected chi connectivity index (χ2v) is 6.48. The summed E-state index contributed by atoms with van der Waals surface area (Å²) in [6, 6.07) is 6.90. The summed E-state index contributed by atoms with van der Waals surface area (Å²) in [6.07, 6.45) is -4.09. The van der Waals surface area contributed by atoms with Gasteiger partial charge < -0.3 is 10.0 Å². The molecule has 0 aromatic heterocycles. The van der Waals surface area contributed by atoms with Gasteiger partial charge in [0.05, 0.1) is 23.1 Å². The van der Waals surface area contributed by atoms with E-state index in [0.717, 1.165) is 24.8 Å². The lowest BCUT2D eigenvalue weighted by atomic mass is 10.1. The number of nitrogens with one attached hydrogen (secondary N) is 1. The van der Waals surface area contributed by atoms with Crippen LogP contribution in [-0.4, -0.2) is 35.2 Å². The summed E-state index contributed by atoms with van der Waals surface area (Å²) in [6.45, 7) is 5.48. The van der Waals surface area contributed by atoms with Crippen LogP contribution in [0.5, 0.6) is 5.75 Å². The molecule has 0 atom stereocenters. The molecule has 0 heterocycles. The van der Waals surface area contributed by atoms with E-state index in [4.69, 9.17) is 0 Å². The molecule has 0 radical (unpaired) electrons. The van der Waals surface area contributed by atoms with E-state index >= 15 is 0 Å². The molecule has 11 heteroatoms. The maximum absolute atomic E-state index is 12.8. The predicted molar refractivity (Wildman–Crippen MR) is 109 cm³/mol. The van der Waals surface area contributed by atoms with Gasteiger partial charge in [-0.2, -0.15) is 18.3 Å². The Morgan fingerprint density at radius 1 is 1.23 bits per heavy atom. The Morgan fingerprint density at radius 3 is 2.45 bits per heavy atom. The molecule has 0 bridgehead atoms. The fourth-order valence-corrected chi connectivity index (χ4v) is 2.87. The Hall–Kier alpha value is -3.63. The van der Waals surface area contributed by atoms with Gasteiger partial charge in [-0.15, -0.1) is 0 Å². The van der Waals surface area contributed by atoms with E-state index in [1.165, 1.54) is 6.21 Å². The first kappa shape index (κ1) is 23.6. The quantitative estimate of drug-likeness (QED) is 0.370. The van der Waals surface area contributed by atoms with Gasteiger partial charge in [-0.3, -0.25) is 14.9 Å². The zero-order valence-corrected chi connectivity index (χ0v) is 16.8. The van der Waals surface area contributed by atoms with Crippen molar-refractivity contribution in [3.63, 3.8) is 0 Å². The number of carbonyl (C=O) groups excluding carboxylic acids is 1. The zero-order valence-electron chi connectivity index (χ0n) is 16.8. The van der Waals surface area contributed by atoms with Crippen molar-refractivity contribution in [2.75, 3.05) is 18.0 Å². The molecule has 0 saturated carbocycles. The van der Waals surface area contributed by atoms with Gasteiger partial charge in [0.15, 0.2) is 0 Å². The number of halogens is 3. The van der Waals surface area contributed by atoms with E-state index in [1.807, 2.05) is 18.7 Å². The predicted octanol–water partition coefficient (Wildman–Crippen LogP) is 3.86. The van der Waals surface area contributed by atoms with Gasteiger partial charge in [-0.1, -0.05) is 6.07 Å². The summed E-state index contributed by atoms with van der Waals surface area (Å²) in [5.74, 6) is -0.820. The van der Waals surface area contributed by atoms with Crippen molar-refractivity contribution in [2.45, 2.75) is 26.4 Å². The first-order valence-corrected chi connectivity index (χ1v) is 9.31. The van der Waals surface area contributed by atoms with Crippen molar-refractivity contribution >= 4 is 23.5 Å². The highest BCUT2D eigenvalue weighted by Crippen LogP contribution is 2.33. The summed E-state index contributed by atoms with van der Waals surface area (Å²) in [5.41, 5.74) is 1.12. The van der Waals surface area contributed by atoms with Crippen LogP contribution in [0.1, 0.15) is 30.5 Å². The smallest absolute Gasteiger partial charge is 0.416 e. The highest BCUT2D eigenvalue weighted by molar-refractivity contribution is 5.86. The standard InChI is InChI=1S/C20H21F3N4O4/c1-3-26(4-2)16-8-6-14(18(28)11-16)12-24-25-19(29)9-13-5-7-15(20(21,22)23)10-17(13)27(30)31/h5-8,10-12,28H,3-4,9H2,1-2H3,(H,25,29)/b24-12-. The van der Waals surface area contributed by atoms with Crippen LogP contribution in [-0.2, 0) is 17.4 Å². The number of anilines is 1. The topological polar surface area (TPSA) is 108 Å². The normalized spacial score (nSPS) is 11.5. The molecule has 0 aliphatic rings. The van der Waals surface area contributed by atoms with E-state index < -0.39 is 34.7 Å². The number of phenols is 1. The molecule has 2 rings (SSSR count). The van der Waals surface area contributed by atoms with Crippen LogP contribution in [0.25, 0.3) is 0 Å². The molecule has 0 aliphatic heterocycles. The van der Waals surface area contributed by atoms with Crippen LogP contribution in [0.15, 0.2) is 41.5 Å². The van der Waals surface area contributed by atoms with Crippen molar-refractivity contribution in [2.24, 2.45) is 5.10 Å². The lowest BCUT2D eigenvalue weighted by molar-refractivity contribution is -0.385. The van der Waals surface area contributed by atoms with Gasteiger partial charge in [0.25, 0.3) is 5.69 Å². The van der Waals surface area contributed by atoms with Gasteiger partial charge in [-0.25, -0.2) is 5.43 Å². The highest BCUT2D eigenvalue weighted by atomic mass is 19.4. The first-order valence-electron chi connectivity index (χ1n) is 9.31. The first-order chi connectivity index (χ1) is 14.6. The molecule has 8 nitrogen and oxygen atoms in total. The van der Waals surface area contributed by atoms with Gasteiger partial charge in [-0.05, 0) is 32.0 Å². The Kier molecular flexibility index (Phi) is 7.56. The van der Waals surface area contributed by atoms with E-state index in [1.54, 1.807) is 18.2 Å². The van der Waals surface area contributed by atoms with Crippen molar-refractivity contribution in [1.29, 1.82) is 0 Å². The van der Waals surface area contributed by atoms with Crippen LogP contribution in [0.3, 0.4) is 0 Å². The number of alkyl halides is 3. The monoisotopic (exact) mass is 438 g/mol. The number of nitrogens with zero attached hydrogens (tertiary/aromatic N) is 3. The number of nitro groups is 1. The van der Waals surface area contributed by atoms with Gasteiger partial charge in [0.2, 0.25) is 5.91 Å². The van der Waals surface area contributed by atoms with E-state index in [-0.39, 0.29) is 11.3 Å². The minimum atomic E-state index is -4.74.